The summed E-state index contributed by atoms with van der Waals surface area (Å²) in [7, 11) is 3.95. The van der Waals surface area contributed by atoms with Crippen LogP contribution in [-0.4, -0.2) is 50.9 Å². The molecule has 1 amide bonds. The molecule has 1 aliphatic rings. The molecule has 1 unspecified atom stereocenters. The van der Waals surface area contributed by atoms with Crippen LogP contribution in [0.25, 0.3) is 6.08 Å². The lowest BCUT2D eigenvalue weighted by Gasteiger charge is -2.13. The fourth-order valence-electron chi connectivity index (χ4n) is 3.42. The van der Waals surface area contributed by atoms with Gasteiger partial charge < -0.3 is 14.4 Å². The van der Waals surface area contributed by atoms with Gasteiger partial charge in [0.05, 0.1) is 41.7 Å². The number of rotatable bonds is 10. The lowest BCUT2D eigenvalue weighted by molar-refractivity contribution is -0.148. The predicted molar refractivity (Wildman–Crippen MR) is 141 cm³/mol. The summed E-state index contributed by atoms with van der Waals surface area (Å²) in [6, 6.07) is 14.4. The number of ether oxygens (including phenoxy) is 2. The first kappa shape index (κ1) is 26.7. The number of anilines is 2. The van der Waals surface area contributed by atoms with Gasteiger partial charge in [-0.15, -0.1) is 0 Å². The quantitative estimate of drug-likeness (QED) is 0.272. The highest BCUT2D eigenvalue weighted by Gasteiger charge is 2.28. The van der Waals surface area contributed by atoms with Crippen molar-refractivity contribution in [1.29, 1.82) is 0 Å². The van der Waals surface area contributed by atoms with Crippen LogP contribution in [0, 0.1) is 5.92 Å². The second-order valence-electron chi connectivity index (χ2n) is 8.86. The lowest BCUT2D eigenvalue weighted by Crippen LogP contribution is -2.21. The zero-order valence-corrected chi connectivity index (χ0v) is 21.5. The van der Waals surface area contributed by atoms with E-state index in [1.807, 2.05) is 63.2 Å². The van der Waals surface area contributed by atoms with E-state index in [1.54, 1.807) is 31.2 Å². The first-order valence-corrected chi connectivity index (χ1v) is 12.0. The molecule has 0 spiro atoms. The Kier molecular flexibility index (Phi) is 9.00. The Bertz CT molecular complexity index is 1150. The van der Waals surface area contributed by atoms with Crippen LogP contribution in [0.15, 0.2) is 59.2 Å². The monoisotopic (exact) mass is 491 g/mol. The van der Waals surface area contributed by atoms with E-state index in [9.17, 15) is 14.4 Å². The number of hydrogen-bond donors (Lipinski definition) is 0. The molecule has 0 saturated heterocycles. The van der Waals surface area contributed by atoms with Crippen molar-refractivity contribution in [3.63, 3.8) is 0 Å². The van der Waals surface area contributed by atoms with Crippen LogP contribution < -0.4 is 9.91 Å². The van der Waals surface area contributed by atoms with Crippen LogP contribution >= 0.6 is 0 Å². The number of carbonyl (C=O) groups excluding carboxylic acids is 3. The van der Waals surface area contributed by atoms with E-state index in [2.05, 4.69) is 5.10 Å². The summed E-state index contributed by atoms with van der Waals surface area (Å²) in [4.78, 5) is 39.0. The number of hydrogen-bond acceptors (Lipinski definition) is 7. The van der Waals surface area contributed by atoms with Gasteiger partial charge in [-0.05, 0) is 61.4 Å². The lowest BCUT2D eigenvalue weighted by atomic mass is 10.1. The average Bonchev–Trinajstić information content (AvgIpc) is 3.16. The van der Waals surface area contributed by atoms with Crippen molar-refractivity contribution < 1.29 is 23.9 Å². The molecule has 0 N–H and O–H groups in total. The molecule has 0 saturated carbocycles. The van der Waals surface area contributed by atoms with Crippen molar-refractivity contribution in [3.8, 4) is 0 Å². The molecule has 3 rings (SSSR count). The van der Waals surface area contributed by atoms with Crippen LogP contribution in [0.3, 0.4) is 0 Å². The van der Waals surface area contributed by atoms with Gasteiger partial charge >= 0.3 is 11.9 Å². The standard InChI is InChI=1S/C28H33N3O5/c1-6-19(2)27(33)35-16-7-17-36-28(34)22-10-14-24(15-11-22)31-26(32)25(20(3)29-31)18-21-8-12-23(13-9-21)30(4)5/h8-15,18-19H,6-7,16-17H2,1-5H3/b25-18+. The molecule has 0 aromatic heterocycles. The second-order valence-corrected chi connectivity index (χ2v) is 8.86. The van der Waals surface area contributed by atoms with Crippen molar-refractivity contribution in [1.82, 2.24) is 0 Å². The van der Waals surface area contributed by atoms with E-state index in [-0.39, 0.29) is 31.0 Å². The van der Waals surface area contributed by atoms with Gasteiger partial charge in [-0.2, -0.15) is 10.1 Å². The minimum Gasteiger partial charge on any atom is -0.465 e. The maximum Gasteiger partial charge on any atom is 0.338 e. The van der Waals surface area contributed by atoms with E-state index >= 15 is 0 Å². The highest BCUT2D eigenvalue weighted by molar-refractivity contribution is 6.32. The Morgan fingerprint density at radius 1 is 1.03 bits per heavy atom. The highest BCUT2D eigenvalue weighted by atomic mass is 16.5. The molecule has 1 aliphatic heterocycles. The summed E-state index contributed by atoms with van der Waals surface area (Å²) >= 11 is 0. The smallest absolute Gasteiger partial charge is 0.338 e. The van der Waals surface area contributed by atoms with Crippen LogP contribution in [0.1, 0.15) is 49.5 Å². The number of benzene rings is 2. The van der Waals surface area contributed by atoms with Crippen molar-refractivity contribution in [3.05, 3.63) is 65.2 Å². The van der Waals surface area contributed by atoms with Gasteiger partial charge in [-0.1, -0.05) is 26.0 Å². The van der Waals surface area contributed by atoms with Gasteiger partial charge in [0.1, 0.15) is 0 Å². The number of esters is 2. The molecule has 8 heteroatoms. The summed E-state index contributed by atoms with van der Waals surface area (Å²) in [5, 5.41) is 5.74. The van der Waals surface area contributed by atoms with Crippen LogP contribution in [0.2, 0.25) is 0 Å². The third-order valence-corrected chi connectivity index (χ3v) is 5.91. The second kappa shape index (κ2) is 12.2. The molecule has 190 valence electrons. The number of nitrogens with zero attached hydrogens (tertiary/aromatic N) is 3. The van der Waals surface area contributed by atoms with Gasteiger partial charge in [-0.25, -0.2) is 4.79 Å². The molecule has 2 aromatic rings. The van der Waals surface area contributed by atoms with Crippen molar-refractivity contribution in [2.75, 3.05) is 37.2 Å². The Morgan fingerprint density at radius 2 is 1.67 bits per heavy atom. The Labute approximate surface area is 212 Å². The average molecular weight is 492 g/mol. The molecule has 0 radical (unpaired) electrons. The maximum absolute atomic E-state index is 13.0. The molecule has 1 atom stereocenters. The summed E-state index contributed by atoms with van der Waals surface area (Å²) in [5.41, 5.74) is 4.04. The van der Waals surface area contributed by atoms with E-state index < -0.39 is 5.97 Å². The molecular weight excluding hydrogens is 458 g/mol. The van der Waals surface area contributed by atoms with Crippen LogP contribution in [-0.2, 0) is 19.1 Å². The van der Waals surface area contributed by atoms with Crippen molar-refractivity contribution in [2.24, 2.45) is 11.0 Å². The molecule has 36 heavy (non-hydrogen) atoms. The molecule has 0 fully saturated rings. The molecule has 1 heterocycles. The normalized spacial score (nSPS) is 15.0. The summed E-state index contributed by atoms with van der Waals surface area (Å²) < 4.78 is 10.4. The van der Waals surface area contributed by atoms with E-state index in [0.29, 0.717) is 29.0 Å². The summed E-state index contributed by atoms with van der Waals surface area (Å²) in [6.07, 6.45) is 2.97. The topological polar surface area (TPSA) is 88.5 Å². The van der Waals surface area contributed by atoms with E-state index in [4.69, 9.17) is 9.47 Å². The first-order valence-electron chi connectivity index (χ1n) is 12.0. The zero-order valence-electron chi connectivity index (χ0n) is 21.5. The molecule has 8 nitrogen and oxygen atoms in total. The Morgan fingerprint density at radius 3 is 2.28 bits per heavy atom. The van der Waals surface area contributed by atoms with Crippen molar-refractivity contribution in [2.45, 2.75) is 33.6 Å². The Balaban J connectivity index is 1.56. The minimum absolute atomic E-state index is 0.136. The number of carbonyl (C=O) groups is 3. The van der Waals surface area contributed by atoms with E-state index in [0.717, 1.165) is 17.7 Å². The molecule has 0 bridgehead atoms. The van der Waals surface area contributed by atoms with Gasteiger partial charge in [0.2, 0.25) is 0 Å². The van der Waals surface area contributed by atoms with Crippen molar-refractivity contribution >= 4 is 41.0 Å². The first-order chi connectivity index (χ1) is 17.2. The Hall–Kier alpha value is -3.94. The third-order valence-electron chi connectivity index (χ3n) is 5.91. The predicted octanol–water partition coefficient (Wildman–Crippen LogP) is 4.69. The fraction of sp³-hybridized carbons (Fsp3) is 0.357. The van der Waals surface area contributed by atoms with Gasteiger partial charge in [0.15, 0.2) is 0 Å². The maximum atomic E-state index is 13.0. The number of amides is 1. The van der Waals surface area contributed by atoms with Crippen LogP contribution in [0.5, 0.6) is 0 Å². The third kappa shape index (κ3) is 6.59. The zero-order chi connectivity index (χ0) is 26.2. The van der Waals surface area contributed by atoms with Gasteiger partial charge in [0.25, 0.3) is 5.91 Å². The molecular formula is C28H33N3O5. The van der Waals surface area contributed by atoms with E-state index in [1.165, 1.54) is 5.01 Å². The van der Waals surface area contributed by atoms with Gasteiger partial charge in [0, 0.05) is 26.2 Å². The van der Waals surface area contributed by atoms with Crippen LogP contribution in [0.4, 0.5) is 11.4 Å². The van der Waals surface area contributed by atoms with Gasteiger partial charge in [-0.3, -0.25) is 9.59 Å². The summed E-state index contributed by atoms with van der Waals surface area (Å²) in [6.45, 7) is 5.89. The summed E-state index contributed by atoms with van der Waals surface area (Å²) in [5.74, 6) is -1.09. The molecule has 0 aliphatic carbocycles. The number of hydrazone groups is 1. The minimum atomic E-state index is -0.482. The molecule has 2 aromatic carbocycles. The SMILES string of the molecule is CCC(C)C(=O)OCCCOC(=O)c1ccc(N2N=C(C)/C(=C\c3ccc(N(C)C)cc3)C2=O)cc1. The fourth-order valence-corrected chi connectivity index (χ4v) is 3.42. The highest BCUT2D eigenvalue weighted by Crippen LogP contribution is 2.26. The largest absolute Gasteiger partial charge is 0.465 e.